The molecular weight excluding hydrogens is 310 g/mol. The van der Waals surface area contributed by atoms with Crippen molar-refractivity contribution in [2.45, 2.75) is 0 Å². The molecule has 0 saturated carbocycles. The summed E-state index contributed by atoms with van der Waals surface area (Å²) >= 11 is 6.21. The third-order valence-electron chi connectivity index (χ3n) is 1.61. The predicted molar refractivity (Wildman–Crippen MR) is 69.6 cm³/mol. The molecule has 0 aliphatic rings. The molecule has 1 N–H and O–H groups in total. The molecule has 0 atom stereocenters. The van der Waals surface area contributed by atoms with Gasteiger partial charge < -0.3 is 0 Å². The maximum atomic E-state index is 11.4. The molecule has 7 heteroatoms. The quantitative estimate of drug-likeness (QED) is 0.886. The van der Waals surface area contributed by atoms with Gasteiger partial charge in [-0.05, 0) is 39.0 Å². The predicted octanol–water partition coefficient (Wildman–Crippen LogP) is 3.01. The number of hydrogen-bond acceptors (Lipinski definition) is 5. The van der Waals surface area contributed by atoms with Gasteiger partial charge in [-0.3, -0.25) is 10.1 Å². The topological polar surface area (TPSA) is 54.9 Å². The van der Waals surface area contributed by atoms with Gasteiger partial charge in [0, 0.05) is 6.08 Å². The van der Waals surface area contributed by atoms with E-state index in [1.54, 1.807) is 22.9 Å². The van der Waals surface area contributed by atoms with Gasteiger partial charge in [0.1, 0.15) is 5.51 Å². The van der Waals surface area contributed by atoms with Gasteiger partial charge >= 0.3 is 0 Å². The molecule has 4 nitrogen and oxygen atoms in total. The number of hydrogen-bond donors (Lipinski definition) is 1. The van der Waals surface area contributed by atoms with Crippen LogP contribution in [0.25, 0.3) is 6.08 Å². The van der Waals surface area contributed by atoms with Crippen LogP contribution in [0.3, 0.4) is 0 Å². The number of rotatable bonds is 3. The van der Waals surface area contributed by atoms with Crippen molar-refractivity contribution in [3.05, 3.63) is 32.4 Å². The second-order valence-corrected chi connectivity index (χ2v) is 5.87. The molecule has 2 aromatic heterocycles. The highest BCUT2D eigenvalue weighted by Crippen LogP contribution is 2.21. The summed E-state index contributed by atoms with van der Waals surface area (Å²) < 4.78 is 1.04. The molecule has 1 amide bonds. The van der Waals surface area contributed by atoms with Crippen LogP contribution in [0.1, 0.15) is 5.56 Å². The van der Waals surface area contributed by atoms with Crippen molar-refractivity contribution in [3.63, 3.8) is 0 Å². The number of carbonyl (C=O) groups is 1. The number of anilines is 1. The first kappa shape index (κ1) is 11.4. The molecule has 0 aliphatic carbocycles. The average Bonchev–Trinajstić information content (AvgIpc) is 2.87. The first-order chi connectivity index (χ1) is 7.74. The van der Waals surface area contributed by atoms with Crippen LogP contribution in [-0.2, 0) is 4.79 Å². The zero-order chi connectivity index (χ0) is 11.4. The van der Waals surface area contributed by atoms with E-state index in [-0.39, 0.29) is 5.91 Å². The maximum absolute atomic E-state index is 11.4. The molecule has 82 valence electrons. The fourth-order valence-electron chi connectivity index (χ4n) is 0.957. The van der Waals surface area contributed by atoms with Crippen molar-refractivity contribution in [1.29, 1.82) is 0 Å². The van der Waals surface area contributed by atoms with Crippen LogP contribution in [0.15, 0.2) is 26.8 Å². The Balaban J connectivity index is 1.94. The number of nitrogens with one attached hydrogen (secondary N) is 1. The fourth-order valence-corrected chi connectivity index (χ4v) is 2.55. The molecule has 0 saturated heterocycles. The molecule has 2 heterocycles. The number of amides is 1. The molecule has 0 spiro atoms. The van der Waals surface area contributed by atoms with Crippen molar-refractivity contribution >= 4 is 55.7 Å². The Hall–Kier alpha value is -1.05. The highest BCUT2D eigenvalue weighted by Gasteiger charge is 2.00. The lowest BCUT2D eigenvalue weighted by Gasteiger charge is -1.93. The monoisotopic (exact) mass is 315 g/mol. The largest absolute Gasteiger partial charge is 0.297 e. The van der Waals surface area contributed by atoms with E-state index >= 15 is 0 Å². The Labute approximate surface area is 108 Å². The number of carbonyl (C=O) groups excluding carboxylic acids is 1. The van der Waals surface area contributed by atoms with Crippen LogP contribution in [0.4, 0.5) is 5.13 Å². The Morgan fingerprint density at radius 2 is 2.38 bits per heavy atom. The van der Waals surface area contributed by atoms with E-state index in [0.717, 1.165) is 9.35 Å². The van der Waals surface area contributed by atoms with Crippen LogP contribution in [0, 0.1) is 0 Å². The van der Waals surface area contributed by atoms with E-state index in [9.17, 15) is 4.79 Å². The molecule has 0 fully saturated rings. The lowest BCUT2D eigenvalue weighted by Crippen LogP contribution is -2.07. The third-order valence-corrected chi connectivity index (χ3v) is 3.73. The molecule has 2 rings (SSSR count). The van der Waals surface area contributed by atoms with Crippen molar-refractivity contribution in [1.82, 2.24) is 10.2 Å². The van der Waals surface area contributed by atoms with E-state index in [2.05, 4.69) is 31.4 Å². The van der Waals surface area contributed by atoms with Gasteiger partial charge in [-0.2, -0.15) is 0 Å². The molecule has 2 aromatic rings. The number of halogens is 1. The maximum Gasteiger partial charge on any atom is 0.250 e. The van der Waals surface area contributed by atoms with Gasteiger partial charge in [-0.1, -0.05) is 11.3 Å². The average molecular weight is 316 g/mol. The molecule has 0 aliphatic heterocycles. The summed E-state index contributed by atoms with van der Waals surface area (Å²) in [6, 6.07) is 1.94. The first-order valence-corrected chi connectivity index (χ1v) is 6.78. The molecule has 0 radical (unpaired) electrons. The summed E-state index contributed by atoms with van der Waals surface area (Å²) in [4.78, 5) is 11.4. The first-order valence-electron chi connectivity index (χ1n) is 4.23. The minimum absolute atomic E-state index is 0.209. The Morgan fingerprint density at radius 1 is 1.50 bits per heavy atom. The van der Waals surface area contributed by atoms with Gasteiger partial charge in [0.15, 0.2) is 0 Å². The van der Waals surface area contributed by atoms with Gasteiger partial charge in [0.05, 0.1) is 3.79 Å². The number of nitrogens with zero attached hydrogens (tertiary/aromatic N) is 2. The molecular formula is C9H6BrN3OS2. The zero-order valence-corrected chi connectivity index (χ0v) is 11.1. The van der Waals surface area contributed by atoms with Crippen LogP contribution in [0.2, 0.25) is 0 Å². The van der Waals surface area contributed by atoms with E-state index in [0.29, 0.717) is 5.13 Å². The summed E-state index contributed by atoms with van der Waals surface area (Å²) in [5.74, 6) is -0.209. The standard InChI is InChI=1S/C9H6BrN3OS2/c10-7-3-6(4-15-7)1-2-8(14)12-9-13-11-5-16-9/h1-5H,(H,12,13,14)/b2-1+. The summed E-state index contributed by atoms with van der Waals surface area (Å²) in [6.45, 7) is 0. The lowest BCUT2D eigenvalue weighted by atomic mass is 10.3. The Morgan fingerprint density at radius 3 is 3.00 bits per heavy atom. The van der Waals surface area contributed by atoms with Crippen LogP contribution in [0.5, 0.6) is 0 Å². The summed E-state index contributed by atoms with van der Waals surface area (Å²) in [5.41, 5.74) is 2.55. The molecule has 0 bridgehead atoms. The SMILES string of the molecule is O=C(/C=C/c1csc(Br)c1)Nc1nncs1. The molecule has 16 heavy (non-hydrogen) atoms. The summed E-state index contributed by atoms with van der Waals surface area (Å²) in [7, 11) is 0. The van der Waals surface area contributed by atoms with E-state index in [4.69, 9.17) is 0 Å². The third kappa shape index (κ3) is 3.22. The van der Waals surface area contributed by atoms with Crippen LogP contribution in [-0.4, -0.2) is 16.1 Å². The lowest BCUT2D eigenvalue weighted by molar-refractivity contribution is -0.111. The second-order valence-electron chi connectivity index (χ2n) is 2.75. The van der Waals surface area contributed by atoms with E-state index < -0.39 is 0 Å². The van der Waals surface area contributed by atoms with Gasteiger partial charge in [0.25, 0.3) is 0 Å². The highest BCUT2D eigenvalue weighted by atomic mass is 79.9. The Bertz CT molecular complexity index is 507. The van der Waals surface area contributed by atoms with Crippen LogP contribution < -0.4 is 5.32 Å². The van der Waals surface area contributed by atoms with E-state index in [1.807, 2.05) is 11.4 Å². The fraction of sp³-hybridized carbons (Fsp3) is 0. The normalized spacial score (nSPS) is 10.8. The summed E-state index contributed by atoms with van der Waals surface area (Å²) in [5, 5.41) is 12.4. The van der Waals surface area contributed by atoms with Crippen molar-refractivity contribution in [3.8, 4) is 0 Å². The van der Waals surface area contributed by atoms with Crippen LogP contribution >= 0.6 is 38.6 Å². The van der Waals surface area contributed by atoms with Gasteiger partial charge in [-0.25, -0.2) is 0 Å². The van der Waals surface area contributed by atoms with E-state index in [1.165, 1.54) is 17.4 Å². The molecule has 0 unspecified atom stereocenters. The second kappa shape index (κ2) is 5.33. The summed E-state index contributed by atoms with van der Waals surface area (Å²) in [6.07, 6.45) is 3.22. The number of aromatic nitrogens is 2. The van der Waals surface area contributed by atoms with Crippen molar-refractivity contribution in [2.24, 2.45) is 0 Å². The van der Waals surface area contributed by atoms with Gasteiger partial charge in [-0.15, -0.1) is 21.5 Å². The van der Waals surface area contributed by atoms with Gasteiger partial charge in [0.2, 0.25) is 11.0 Å². The number of thiophene rings is 1. The Kier molecular flexibility index (Phi) is 3.81. The minimum Gasteiger partial charge on any atom is -0.297 e. The highest BCUT2D eigenvalue weighted by molar-refractivity contribution is 9.11. The zero-order valence-electron chi connectivity index (χ0n) is 7.88. The molecule has 0 aromatic carbocycles. The smallest absolute Gasteiger partial charge is 0.250 e. The van der Waals surface area contributed by atoms with Crippen molar-refractivity contribution in [2.75, 3.05) is 5.32 Å². The minimum atomic E-state index is -0.209. The van der Waals surface area contributed by atoms with Crippen molar-refractivity contribution < 1.29 is 4.79 Å².